The van der Waals surface area contributed by atoms with Gasteiger partial charge in [0, 0.05) is 80.0 Å². The molecule has 0 amide bonds. The first-order valence-electron chi connectivity index (χ1n) is 23.9. The van der Waals surface area contributed by atoms with E-state index in [-0.39, 0.29) is 6.04 Å². The molecular formula is C65H40N3O2+. The summed E-state index contributed by atoms with van der Waals surface area (Å²) in [5, 5.41) is 4.43. The van der Waals surface area contributed by atoms with Gasteiger partial charge in [0.05, 0.1) is 5.69 Å². The van der Waals surface area contributed by atoms with Crippen LogP contribution in [0.4, 0.5) is 22.7 Å². The van der Waals surface area contributed by atoms with E-state index in [1.54, 1.807) is 0 Å². The Labute approximate surface area is 403 Å². The Balaban J connectivity index is 1.05. The van der Waals surface area contributed by atoms with E-state index in [2.05, 4.69) is 228 Å². The molecule has 0 N–H and O–H groups in total. The lowest BCUT2D eigenvalue weighted by Gasteiger charge is -2.36. The second-order valence-corrected chi connectivity index (χ2v) is 18.4. The van der Waals surface area contributed by atoms with Crippen LogP contribution in [-0.4, -0.2) is 16.7 Å². The van der Waals surface area contributed by atoms with Gasteiger partial charge in [0.1, 0.15) is 34.1 Å². The molecule has 0 spiro atoms. The number of rotatable bonds is 4. The van der Waals surface area contributed by atoms with E-state index in [1.807, 2.05) is 18.3 Å². The van der Waals surface area contributed by atoms with Gasteiger partial charge in [0.15, 0.2) is 0 Å². The monoisotopic (exact) mass is 894 g/mol. The number of para-hydroxylation sites is 6. The van der Waals surface area contributed by atoms with Crippen molar-refractivity contribution in [1.29, 1.82) is 0 Å². The van der Waals surface area contributed by atoms with Gasteiger partial charge in [-0.1, -0.05) is 158 Å². The Morgan fingerprint density at radius 1 is 0.429 bits per heavy atom. The number of benzene rings is 9. The van der Waals surface area contributed by atoms with Crippen molar-refractivity contribution in [3.05, 3.63) is 237 Å². The minimum absolute atomic E-state index is 0.0546. The fourth-order valence-corrected chi connectivity index (χ4v) is 11.5. The van der Waals surface area contributed by atoms with E-state index in [4.69, 9.17) is 13.8 Å². The molecule has 1 unspecified atom stereocenters. The SMILES string of the molecule is C1=CC2=[N+](c3ccccc3)c3cc4c(cc3N(c3ccccc3)C2C=C1)-c1ncccc1-c1ccc(-c2cccc3c2oc2ccccc23)cc1-c1cc(-c2cccc3c2oc2ccccc23)ccc1-4. The third-order valence-corrected chi connectivity index (χ3v) is 14.6. The minimum atomic E-state index is -0.0546. The highest BCUT2D eigenvalue weighted by molar-refractivity contribution is 6.15. The van der Waals surface area contributed by atoms with Crippen LogP contribution in [0.1, 0.15) is 0 Å². The van der Waals surface area contributed by atoms with Crippen molar-refractivity contribution in [3.63, 3.8) is 0 Å². The minimum Gasteiger partial charge on any atom is -0.455 e. The molecule has 12 aromatic rings. The Kier molecular flexibility index (Phi) is 8.36. The summed E-state index contributed by atoms with van der Waals surface area (Å²) in [6.45, 7) is 0. The highest BCUT2D eigenvalue weighted by Crippen LogP contribution is 2.54. The van der Waals surface area contributed by atoms with Crippen LogP contribution in [0.5, 0.6) is 0 Å². The predicted molar refractivity (Wildman–Crippen MR) is 289 cm³/mol. The van der Waals surface area contributed by atoms with Crippen molar-refractivity contribution in [2.24, 2.45) is 0 Å². The van der Waals surface area contributed by atoms with Gasteiger partial charge in [-0.3, -0.25) is 4.98 Å². The molecular weight excluding hydrogens is 855 g/mol. The zero-order chi connectivity index (χ0) is 45.9. The average Bonchev–Trinajstić information content (AvgIpc) is 4.01. The maximum atomic E-state index is 6.71. The lowest BCUT2D eigenvalue weighted by atomic mass is 9.80. The quantitative estimate of drug-likeness (QED) is 0.165. The highest BCUT2D eigenvalue weighted by Gasteiger charge is 2.41. The smallest absolute Gasteiger partial charge is 0.236 e. The Morgan fingerprint density at radius 3 is 1.67 bits per heavy atom. The molecule has 326 valence electrons. The number of allylic oxidation sites excluding steroid dienone is 2. The largest absolute Gasteiger partial charge is 0.455 e. The van der Waals surface area contributed by atoms with Crippen LogP contribution >= 0.6 is 0 Å². The van der Waals surface area contributed by atoms with Crippen LogP contribution in [0.25, 0.3) is 111 Å². The van der Waals surface area contributed by atoms with Crippen molar-refractivity contribution in [2.75, 3.05) is 4.90 Å². The van der Waals surface area contributed by atoms with E-state index in [1.165, 1.54) is 5.71 Å². The molecule has 1 aliphatic heterocycles. The van der Waals surface area contributed by atoms with Crippen LogP contribution in [0.15, 0.2) is 246 Å². The second kappa shape index (κ2) is 15.1. The van der Waals surface area contributed by atoms with Gasteiger partial charge in [0.25, 0.3) is 0 Å². The fraction of sp³-hybridized carbons (Fsp3) is 0.0154. The zero-order valence-corrected chi connectivity index (χ0v) is 37.8. The zero-order valence-electron chi connectivity index (χ0n) is 37.8. The van der Waals surface area contributed by atoms with Crippen LogP contribution in [0.2, 0.25) is 0 Å². The number of pyridine rings is 1. The number of anilines is 2. The Hall–Kier alpha value is -9.32. The molecule has 0 bridgehead atoms. The summed E-state index contributed by atoms with van der Waals surface area (Å²) in [6, 6.07) is 74.1. The van der Waals surface area contributed by atoms with Crippen LogP contribution in [-0.2, 0) is 0 Å². The fourth-order valence-electron chi connectivity index (χ4n) is 11.5. The molecule has 5 nitrogen and oxygen atoms in total. The maximum absolute atomic E-state index is 6.71. The predicted octanol–water partition coefficient (Wildman–Crippen LogP) is 17.1. The van der Waals surface area contributed by atoms with E-state index >= 15 is 0 Å². The number of furan rings is 2. The summed E-state index contributed by atoms with van der Waals surface area (Å²) < 4.78 is 15.8. The summed E-state index contributed by atoms with van der Waals surface area (Å²) in [5.41, 5.74) is 22.0. The molecule has 2 aliphatic carbocycles. The van der Waals surface area contributed by atoms with Gasteiger partial charge in [-0.05, 0) is 87.5 Å². The summed E-state index contributed by atoms with van der Waals surface area (Å²) in [7, 11) is 0. The Morgan fingerprint density at radius 2 is 1.00 bits per heavy atom. The van der Waals surface area contributed by atoms with Crippen LogP contribution in [0.3, 0.4) is 0 Å². The standard InChI is InChI=1S/C65H40N3O2/c1-3-16-42(17-4-1)67-57-27-9-10-28-58(57)68(43-18-5-2-6-19-43)60-39-56-55(38-59(60)67)47-34-32-41(45-23-14-25-52-49-21-8-12-30-62(49)70-65(45)52)37-54(47)53-36-40(31-33-46(53)50-26-15-35-66-63(50)56)44-22-13-24-51-48-20-7-11-29-61(48)69-64(44)51/h1-39,58H/q+1. The van der Waals surface area contributed by atoms with E-state index in [9.17, 15) is 0 Å². The van der Waals surface area contributed by atoms with Crippen LogP contribution in [0, 0.1) is 0 Å². The molecule has 70 heavy (non-hydrogen) atoms. The molecule has 3 aromatic heterocycles. The third-order valence-electron chi connectivity index (χ3n) is 14.6. The second-order valence-electron chi connectivity index (χ2n) is 18.4. The topological polar surface area (TPSA) is 45.4 Å². The van der Waals surface area contributed by atoms with Gasteiger partial charge >= 0.3 is 0 Å². The number of aromatic nitrogens is 1. The highest BCUT2D eigenvalue weighted by atomic mass is 16.3. The lowest BCUT2D eigenvalue weighted by Crippen LogP contribution is -2.44. The van der Waals surface area contributed by atoms with Gasteiger partial charge in [-0.15, -0.1) is 0 Å². The number of hydrogen-bond acceptors (Lipinski definition) is 4. The summed E-state index contributed by atoms with van der Waals surface area (Å²) in [4.78, 5) is 7.80. The maximum Gasteiger partial charge on any atom is 0.236 e. The molecule has 9 aromatic carbocycles. The van der Waals surface area contributed by atoms with Crippen molar-refractivity contribution in [1.82, 2.24) is 9.56 Å². The number of hydrogen-bond donors (Lipinski definition) is 0. The van der Waals surface area contributed by atoms with Crippen molar-refractivity contribution in [3.8, 4) is 66.9 Å². The van der Waals surface area contributed by atoms with E-state index in [0.717, 1.165) is 134 Å². The first-order chi connectivity index (χ1) is 34.7. The molecule has 3 aliphatic rings. The molecule has 0 saturated carbocycles. The van der Waals surface area contributed by atoms with Crippen molar-refractivity contribution in [2.45, 2.75) is 6.04 Å². The summed E-state index contributed by atoms with van der Waals surface area (Å²) in [6.07, 6.45) is 10.8. The summed E-state index contributed by atoms with van der Waals surface area (Å²) >= 11 is 0. The van der Waals surface area contributed by atoms with Gasteiger partial charge in [0.2, 0.25) is 17.1 Å². The number of nitrogens with zero attached hydrogens (tertiary/aromatic N) is 3. The molecule has 0 saturated heterocycles. The van der Waals surface area contributed by atoms with Gasteiger partial charge in [-0.2, -0.15) is 4.58 Å². The van der Waals surface area contributed by atoms with Gasteiger partial charge in [-0.25, -0.2) is 0 Å². The number of fused-ring (bicyclic) bond motifs is 16. The molecule has 15 rings (SSSR count). The first kappa shape index (κ1) is 38.8. The Bertz CT molecular complexity index is 4250. The molecule has 1 atom stereocenters. The molecule has 4 heterocycles. The normalized spacial score (nSPS) is 14.5. The van der Waals surface area contributed by atoms with E-state index < -0.39 is 0 Å². The first-order valence-corrected chi connectivity index (χ1v) is 23.9. The summed E-state index contributed by atoms with van der Waals surface area (Å²) in [5.74, 6) is 0. The average molecular weight is 895 g/mol. The molecule has 0 radical (unpaired) electrons. The van der Waals surface area contributed by atoms with E-state index in [0.29, 0.717) is 0 Å². The third kappa shape index (κ3) is 5.72. The molecule has 0 fully saturated rings. The molecule has 5 heteroatoms. The van der Waals surface area contributed by atoms with Crippen molar-refractivity contribution >= 4 is 72.3 Å². The van der Waals surface area contributed by atoms with Crippen molar-refractivity contribution < 1.29 is 8.83 Å². The lowest BCUT2D eigenvalue weighted by molar-refractivity contribution is 0.669. The van der Waals surface area contributed by atoms with Gasteiger partial charge < -0.3 is 13.7 Å². The van der Waals surface area contributed by atoms with Crippen LogP contribution < -0.4 is 9.48 Å².